The van der Waals surface area contributed by atoms with E-state index in [0.29, 0.717) is 6.42 Å². The van der Waals surface area contributed by atoms with Crippen molar-refractivity contribution in [2.24, 2.45) is 5.92 Å². The summed E-state index contributed by atoms with van der Waals surface area (Å²) in [6.07, 6.45) is 62.4. The Balaban J connectivity index is 1.58. The molecule has 3 unspecified atom stereocenters. The molecule has 0 spiro atoms. The lowest BCUT2D eigenvalue weighted by molar-refractivity contribution is -0.344. The van der Waals surface area contributed by atoms with E-state index in [-0.39, 0.29) is 12.5 Å². The number of aliphatic hydroxyl groups excluding tert-OH is 6. The van der Waals surface area contributed by atoms with Crippen LogP contribution in [0.15, 0.2) is 198 Å². The molecule has 2 fully saturated rings. The van der Waals surface area contributed by atoms with Gasteiger partial charge in [0.25, 0.3) is 0 Å². The summed E-state index contributed by atoms with van der Waals surface area (Å²) < 4.78 is 57.0. The second kappa shape index (κ2) is 66.3. The number of rotatable bonds is 64. The molecule has 18 nitrogen and oxygen atoms in total. The molecule has 1 amide bonds. The maximum absolute atomic E-state index is 13.1. The van der Waals surface area contributed by atoms with Crippen molar-refractivity contribution >= 4 is 21.6 Å². The molecule has 20 heteroatoms. The summed E-state index contributed by atoms with van der Waals surface area (Å²) in [7, 11) is -10.8. The molecular weight excluding hydrogens is 1600 g/mol. The molecule has 706 valence electrons. The fourth-order valence-electron chi connectivity index (χ4n) is 14.9. The third kappa shape index (κ3) is 56.4. The number of phosphoric ester groups is 2. The number of allylic oxidation sites excluding steroid dienone is 34. The summed E-state index contributed by atoms with van der Waals surface area (Å²) in [5.74, 6) is -0.765. The average molecular weight is 1770 g/mol. The Morgan fingerprint density at radius 3 is 0.831 bits per heavy atom. The summed E-state index contributed by atoms with van der Waals surface area (Å²) >= 11 is 0. The number of aliphatic hydroxyl groups is 6. The standard InChI is InChI=1S/C104H173NO17P2/c1-76(2)38-21-39-77(3)40-22-41-78(4)42-23-43-79(5)44-24-45-80(6)46-25-47-81(7)48-26-49-82(8)50-27-51-83(9)52-28-53-84(10)54-29-55-85(11)56-30-57-86(12)58-31-59-87(13)60-32-61-88(14)62-33-63-89(15)64-34-65-90(16)66-35-67-91(17)68-36-69-92(18)70-37-71-93(19)72-73-117-123(113,114)122-124(115,116)121-103-97(105-94(20)108)99(110)102(96(75-107)119-103)120-104-101(112)100(111)98(109)95(74-106)118-104/h38,40,42,44,46,48,50,52,54,56,58,60,62,64,66,68,70,93,95-104,106-107,109-112H,21-37,39,41,43,45,47,49,51,53,55,57,59,61,63,65,67,69,71-75H2,1-20H3,(H,105,108)(H,113,114)(H,115,116)/b77-40+,78-42+,79-44+,80-46+,81-48+,82-50+,83-52+,84-54+,85-56+,86-58+,87-60+,88-62+,89-64+,90-66+,91-68+,92-70+/t93?,95-,96-,97-,98-,99-,100+,101-,102-,103-,104+/m1/s1. The zero-order chi connectivity index (χ0) is 92.6. The molecule has 0 aromatic heterocycles. The number of amides is 1. The van der Waals surface area contributed by atoms with E-state index in [4.69, 9.17) is 23.3 Å². The SMILES string of the molecule is CC(=O)N[C@H]1[C@@H](OP(=O)(O)OP(=O)(O)OCCC(C)CC/C=C(\C)CC/C=C(\C)CC/C=C(\C)CC/C=C(\C)CC/C=C(\C)CC/C=C(\C)CC/C=C(\C)CC/C=C(\C)CC/C=C(\C)CC/C=C(\C)CC/C=C(\C)CC/C=C(\C)CC/C=C(\C)CC/C=C(\C)CC/C=C(\C)CC/C=C(\C)CCC=C(C)C)O[C@H](CO)[C@@H](O[C@@H]2O[C@H](CO)[C@@H](O)[C@H](O)[C@H]2O)[C@@H]1O. The van der Waals surface area contributed by atoms with E-state index in [9.17, 15) is 54.4 Å². The van der Waals surface area contributed by atoms with Crippen LogP contribution in [-0.4, -0.2) is 128 Å². The summed E-state index contributed by atoms with van der Waals surface area (Å²) in [5.41, 5.74) is 25.0. The van der Waals surface area contributed by atoms with Gasteiger partial charge in [0.2, 0.25) is 5.91 Å². The minimum atomic E-state index is -5.59. The van der Waals surface area contributed by atoms with Gasteiger partial charge in [-0.3, -0.25) is 13.8 Å². The summed E-state index contributed by atoms with van der Waals surface area (Å²) in [5, 5.41) is 64.1. The van der Waals surface area contributed by atoms with Gasteiger partial charge < -0.3 is 60.0 Å². The highest BCUT2D eigenvalue weighted by Crippen LogP contribution is 2.61. The molecule has 13 atom stereocenters. The third-order valence-corrected chi connectivity index (χ3v) is 26.0. The van der Waals surface area contributed by atoms with Gasteiger partial charge in [0.05, 0.1) is 19.8 Å². The van der Waals surface area contributed by atoms with Crippen molar-refractivity contribution in [3.63, 3.8) is 0 Å². The largest absolute Gasteiger partial charge is 0.483 e. The van der Waals surface area contributed by atoms with Gasteiger partial charge in [-0.2, -0.15) is 4.31 Å². The maximum Gasteiger partial charge on any atom is 0.483 e. The molecule has 0 radical (unpaired) electrons. The van der Waals surface area contributed by atoms with E-state index in [1.807, 2.05) is 6.92 Å². The van der Waals surface area contributed by atoms with E-state index in [0.717, 1.165) is 206 Å². The van der Waals surface area contributed by atoms with Gasteiger partial charge in [0.15, 0.2) is 12.6 Å². The summed E-state index contributed by atoms with van der Waals surface area (Å²) in [6, 6.07) is -1.76. The van der Waals surface area contributed by atoms with Crippen LogP contribution in [0.25, 0.3) is 0 Å². The lowest BCUT2D eigenvalue weighted by atomic mass is 9.95. The topological polar surface area (TPSA) is 280 Å². The molecule has 9 N–H and O–H groups in total. The average Bonchev–Trinajstić information content (AvgIpc) is 0.775. The lowest BCUT2D eigenvalue weighted by Crippen LogP contribution is -2.67. The zero-order valence-electron chi connectivity index (χ0n) is 80.7. The van der Waals surface area contributed by atoms with Gasteiger partial charge in [-0.05, 0) is 355 Å². The number of phosphoric acid groups is 2. The maximum atomic E-state index is 13.1. The number of carbonyl (C=O) groups is 1. The highest BCUT2D eigenvalue weighted by Gasteiger charge is 2.53. The molecule has 0 aliphatic carbocycles. The monoisotopic (exact) mass is 1770 g/mol. The summed E-state index contributed by atoms with van der Waals surface area (Å²) in [6.45, 7) is 41.6. The molecule has 0 saturated carbocycles. The predicted octanol–water partition coefficient (Wildman–Crippen LogP) is 26.4. The molecule has 0 bridgehead atoms. The number of ether oxygens (including phenoxy) is 3. The predicted molar refractivity (Wildman–Crippen MR) is 516 cm³/mol. The lowest BCUT2D eigenvalue weighted by Gasteiger charge is -2.47. The molecule has 2 rings (SSSR count). The first-order valence-electron chi connectivity index (χ1n) is 46.7. The van der Waals surface area contributed by atoms with Gasteiger partial charge in [0.1, 0.15) is 48.8 Å². The van der Waals surface area contributed by atoms with Crippen LogP contribution >= 0.6 is 15.6 Å². The van der Waals surface area contributed by atoms with Crippen molar-refractivity contribution < 1.29 is 81.9 Å². The Labute approximate surface area is 752 Å². The quantitative estimate of drug-likeness (QED) is 0.0202. The highest BCUT2D eigenvalue weighted by atomic mass is 31.3. The molecule has 0 aromatic carbocycles. The van der Waals surface area contributed by atoms with E-state index in [2.05, 4.69) is 238 Å². The number of hydrogen-bond donors (Lipinski definition) is 9. The van der Waals surface area contributed by atoms with Gasteiger partial charge in [0, 0.05) is 6.92 Å². The van der Waals surface area contributed by atoms with Crippen LogP contribution in [0.2, 0.25) is 0 Å². The van der Waals surface area contributed by atoms with Crippen LogP contribution in [0, 0.1) is 5.92 Å². The van der Waals surface area contributed by atoms with Crippen LogP contribution < -0.4 is 5.32 Å². The molecular formula is C104H173NO17P2. The van der Waals surface area contributed by atoms with E-state index >= 15 is 0 Å². The molecule has 2 aliphatic heterocycles. The van der Waals surface area contributed by atoms with Crippen molar-refractivity contribution in [2.45, 2.75) is 425 Å². The second-order valence-corrected chi connectivity index (χ2v) is 39.4. The number of nitrogens with one attached hydrogen (secondary N) is 1. The first-order valence-corrected chi connectivity index (χ1v) is 49.7. The molecule has 2 heterocycles. The smallest absolute Gasteiger partial charge is 0.394 e. The van der Waals surface area contributed by atoms with Gasteiger partial charge in [-0.15, -0.1) is 0 Å². The first-order chi connectivity index (χ1) is 58.7. The first kappa shape index (κ1) is 115. The Hall–Kier alpha value is -5.05. The van der Waals surface area contributed by atoms with Crippen LogP contribution in [0.1, 0.15) is 363 Å². The van der Waals surface area contributed by atoms with E-state index < -0.39 is 96.1 Å². The zero-order valence-corrected chi connectivity index (χ0v) is 82.5. The van der Waals surface area contributed by atoms with E-state index in [1.165, 1.54) is 114 Å². The Morgan fingerprint density at radius 1 is 0.331 bits per heavy atom. The van der Waals surface area contributed by atoms with Gasteiger partial charge in [-0.1, -0.05) is 205 Å². The second-order valence-electron chi connectivity index (χ2n) is 36.4. The normalized spacial score (nSPS) is 23.0. The van der Waals surface area contributed by atoms with Gasteiger partial charge >= 0.3 is 15.6 Å². The Bertz CT molecular complexity index is 3770. The van der Waals surface area contributed by atoms with Crippen LogP contribution in [0.4, 0.5) is 0 Å². The van der Waals surface area contributed by atoms with Crippen LogP contribution in [-0.2, 0) is 41.5 Å². The van der Waals surface area contributed by atoms with Gasteiger partial charge in [-0.25, -0.2) is 9.13 Å². The number of carbonyl (C=O) groups excluding carboxylic acids is 1. The highest BCUT2D eigenvalue weighted by molar-refractivity contribution is 7.61. The molecule has 2 saturated heterocycles. The van der Waals surface area contributed by atoms with Crippen molar-refractivity contribution in [2.75, 3.05) is 19.8 Å². The minimum Gasteiger partial charge on any atom is -0.394 e. The van der Waals surface area contributed by atoms with Crippen LogP contribution in [0.3, 0.4) is 0 Å². The fourth-order valence-corrected chi connectivity index (χ4v) is 17.1. The molecule has 2 aliphatic rings. The molecule has 0 aromatic rings. The van der Waals surface area contributed by atoms with Crippen molar-refractivity contribution in [3.05, 3.63) is 198 Å². The molecule has 124 heavy (non-hydrogen) atoms. The van der Waals surface area contributed by atoms with E-state index in [1.54, 1.807) is 0 Å². The Kier molecular flexibility index (Phi) is 61.5. The van der Waals surface area contributed by atoms with Crippen molar-refractivity contribution in [1.29, 1.82) is 0 Å². The third-order valence-electron chi connectivity index (χ3n) is 23.4. The minimum absolute atomic E-state index is 0.0386. The van der Waals surface area contributed by atoms with Crippen molar-refractivity contribution in [3.8, 4) is 0 Å². The van der Waals surface area contributed by atoms with Crippen LogP contribution in [0.5, 0.6) is 0 Å². The van der Waals surface area contributed by atoms with Crippen molar-refractivity contribution in [1.82, 2.24) is 5.32 Å². The number of hydrogen-bond acceptors (Lipinski definition) is 15. The fraction of sp³-hybridized carbons (Fsp3) is 0.663. The summed E-state index contributed by atoms with van der Waals surface area (Å²) in [4.78, 5) is 33.1. The Morgan fingerprint density at radius 2 is 0.581 bits per heavy atom.